The fraction of sp³-hybridized carbons (Fsp3) is 0.286. The minimum Gasteiger partial charge on any atom is -0.461 e. The summed E-state index contributed by atoms with van der Waals surface area (Å²) in [6, 6.07) is 17.2. The van der Waals surface area contributed by atoms with Gasteiger partial charge in [0, 0.05) is 0 Å². The van der Waals surface area contributed by atoms with Crippen molar-refractivity contribution < 1.29 is 14.3 Å². The Balaban J connectivity index is 1.59. The van der Waals surface area contributed by atoms with Gasteiger partial charge in [-0.3, -0.25) is 4.79 Å². The molecule has 1 aliphatic carbocycles. The van der Waals surface area contributed by atoms with Crippen LogP contribution in [-0.4, -0.2) is 5.97 Å². The fourth-order valence-electron chi connectivity index (χ4n) is 3.14. The maximum Gasteiger partial charge on any atom is 0.310 e. The second kappa shape index (κ2) is 7.97. The highest BCUT2D eigenvalue weighted by Crippen LogP contribution is 2.60. The molecule has 0 bridgehead atoms. The van der Waals surface area contributed by atoms with Gasteiger partial charge in [0.05, 0.1) is 9.31 Å². The van der Waals surface area contributed by atoms with Gasteiger partial charge in [-0.15, -0.1) is 0 Å². The zero-order chi connectivity index (χ0) is 18.7. The molecule has 0 spiro atoms. The zero-order valence-electron chi connectivity index (χ0n) is 14.6. The molecule has 136 valence electrons. The Morgan fingerprint density at radius 3 is 2.46 bits per heavy atom. The summed E-state index contributed by atoms with van der Waals surface area (Å²) in [5, 5.41) is 0. The number of ether oxygens (including phenoxy) is 2. The van der Waals surface area contributed by atoms with E-state index in [4.69, 9.17) is 9.47 Å². The average Bonchev–Trinajstić information content (AvgIpc) is 3.13. The van der Waals surface area contributed by atoms with Gasteiger partial charge in [-0.1, -0.05) is 50.3 Å². The number of rotatable bonds is 6. The number of benzene rings is 2. The van der Waals surface area contributed by atoms with Crippen molar-refractivity contribution in [2.45, 2.75) is 20.5 Å². The molecule has 1 aliphatic rings. The lowest BCUT2D eigenvalue weighted by Crippen LogP contribution is -2.10. The molecule has 3 nitrogen and oxygen atoms in total. The third-order valence-electron chi connectivity index (χ3n) is 4.73. The molecular weight excluding hydrogens is 460 g/mol. The first-order valence-electron chi connectivity index (χ1n) is 8.39. The topological polar surface area (TPSA) is 35.5 Å². The van der Waals surface area contributed by atoms with E-state index < -0.39 is 0 Å². The maximum atomic E-state index is 12.4. The van der Waals surface area contributed by atoms with E-state index in [0.717, 1.165) is 20.5 Å². The van der Waals surface area contributed by atoms with E-state index in [0.29, 0.717) is 0 Å². The van der Waals surface area contributed by atoms with Gasteiger partial charge >= 0.3 is 5.97 Å². The van der Waals surface area contributed by atoms with Crippen molar-refractivity contribution in [3.8, 4) is 11.5 Å². The third kappa shape index (κ3) is 4.57. The molecule has 0 aromatic heterocycles. The summed E-state index contributed by atoms with van der Waals surface area (Å²) in [6.45, 7) is 4.40. The van der Waals surface area contributed by atoms with Crippen LogP contribution in [0, 0.1) is 17.3 Å². The molecule has 0 radical (unpaired) electrons. The quantitative estimate of drug-likeness (QED) is 0.448. The molecule has 2 aromatic carbocycles. The standard InChI is InChI=1S/C21H20Br2O3/c1-21(2)17(12-18(22)23)19(21)20(24)25-13-14-7-6-10-16(11-14)26-15-8-4-3-5-9-15/h3-12,17,19H,13H2,1-2H3/t17?,19-/m0/s1. The van der Waals surface area contributed by atoms with E-state index in [1.165, 1.54) is 0 Å². The van der Waals surface area contributed by atoms with Crippen molar-refractivity contribution in [3.63, 3.8) is 0 Å². The van der Waals surface area contributed by atoms with Crippen LogP contribution in [0.1, 0.15) is 19.4 Å². The van der Waals surface area contributed by atoms with E-state index in [2.05, 4.69) is 45.7 Å². The molecule has 1 unspecified atom stereocenters. The van der Waals surface area contributed by atoms with Gasteiger partial charge in [0.15, 0.2) is 0 Å². The van der Waals surface area contributed by atoms with E-state index in [9.17, 15) is 4.79 Å². The van der Waals surface area contributed by atoms with Gasteiger partial charge in [0.1, 0.15) is 18.1 Å². The minimum absolute atomic E-state index is 0.0812. The normalized spacial score (nSPS) is 20.2. The first kappa shape index (κ1) is 19.2. The van der Waals surface area contributed by atoms with Crippen LogP contribution in [0.2, 0.25) is 0 Å². The van der Waals surface area contributed by atoms with E-state index in [1.54, 1.807) is 0 Å². The van der Waals surface area contributed by atoms with Crippen molar-refractivity contribution in [1.82, 2.24) is 0 Å². The van der Waals surface area contributed by atoms with Crippen LogP contribution >= 0.6 is 31.9 Å². The predicted molar refractivity (Wildman–Crippen MR) is 109 cm³/mol. The van der Waals surface area contributed by atoms with Gasteiger partial charge in [-0.05, 0) is 73.0 Å². The second-order valence-corrected chi connectivity index (χ2v) is 9.72. The number of hydrogen-bond acceptors (Lipinski definition) is 3. The van der Waals surface area contributed by atoms with E-state index in [1.807, 2.05) is 60.7 Å². The van der Waals surface area contributed by atoms with Crippen LogP contribution in [-0.2, 0) is 16.1 Å². The molecule has 1 fully saturated rings. The molecule has 2 atom stereocenters. The Hall–Kier alpha value is -1.59. The van der Waals surface area contributed by atoms with Crippen LogP contribution in [0.5, 0.6) is 11.5 Å². The number of hydrogen-bond donors (Lipinski definition) is 0. The summed E-state index contributed by atoms with van der Waals surface area (Å²) in [5.74, 6) is 1.40. The van der Waals surface area contributed by atoms with Crippen LogP contribution in [0.15, 0.2) is 64.1 Å². The van der Waals surface area contributed by atoms with Gasteiger partial charge < -0.3 is 9.47 Å². The molecule has 0 heterocycles. The number of esters is 1. The van der Waals surface area contributed by atoms with Crippen LogP contribution in [0.25, 0.3) is 0 Å². The van der Waals surface area contributed by atoms with Crippen LogP contribution in [0.3, 0.4) is 0 Å². The Morgan fingerprint density at radius 1 is 1.08 bits per heavy atom. The molecule has 0 aliphatic heterocycles. The first-order valence-corrected chi connectivity index (χ1v) is 9.98. The highest BCUT2D eigenvalue weighted by molar-refractivity contribution is 9.28. The fourth-order valence-corrected chi connectivity index (χ4v) is 3.71. The smallest absolute Gasteiger partial charge is 0.310 e. The van der Waals surface area contributed by atoms with Gasteiger partial charge in [-0.2, -0.15) is 0 Å². The largest absolute Gasteiger partial charge is 0.461 e. The van der Waals surface area contributed by atoms with Gasteiger partial charge in [-0.25, -0.2) is 0 Å². The van der Waals surface area contributed by atoms with Gasteiger partial charge in [0.2, 0.25) is 0 Å². The predicted octanol–water partition coefficient (Wildman–Crippen LogP) is 6.43. The van der Waals surface area contributed by atoms with E-state index >= 15 is 0 Å². The molecule has 1 saturated carbocycles. The Kier molecular flexibility index (Phi) is 5.88. The first-order chi connectivity index (χ1) is 12.4. The van der Waals surface area contributed by atoms with Crippen molar-refractivity contribution >= 4 is 37.8 Å². The summed E-state index contributed by atoms with van der Waals surface area (Å²) in [4.78, 5) is 12.4. The molecular formula is C21H20Br2O3. The Bertz CT molecular complexity index is 811. The zero-order valence-corrected chi connectivity index (χ0v) is 17.8. The summed E-state index contributed by atoms with van der Waals surface area (Å²) in [5.41, 5.74) is 0.821. The highest BCUT2D eigenvalue weighted by atomic mass is 79.9. The van der Waals surface area contributed by atoms with Gasteiger partial charge in [0.25, 0.3) is 0 Å². The lowest BCUT2D eigenvalue weighted by Gasteiger charge is -2.09. The summed E-state index contributed by atoms with van der Waals surface area (Å²) in [7, 11) is 0. The minimum atomic E-state index is -0.160. The molecule has 0 amide bonds. The summed E-state index contributed by atoms with van der Waals surface area (Å²) in [6.07, 6.45) is 2.01. The monoisotopic (exact) mass is 478 g/mol. The maximum absolute atomic E-state index is 12.4. The van der Waals surface area contributed by atoms with Crippen molar-refractivity contribution in [2.24, 2.45) is 17.3 Å². The van der Waals surface area contributed by atoms with Crippen molar-refractivity contribution in [3.05, 3.63) is 69.6 Å². The summed E-state index contributed by atoms with van der Waals surface area (Å²) < 4.78 is 12.2. The van der Waals surface area contributed by atoms with Crippen LogP contribution in [0.4, 0.5) is 0 Å². The Morgan fingerprint density at radius 2 is 1.77 bits per heavy atom. The van der Waals surface area contributed by atoms with Crippen LogP contribution < -0.4 is 4.74 Å². The third-order valence-corrected chi connectivity index (χ3v) is 5.26. The average molecular weight is 480 g/mol. The molecule has 0 saturated heterocycles. The van der Waals surface area contributed by atoms with Crippen molar-refractivity contribution in [2.75, 3.05) is 0 Å². The Labute approximate surface area is 170 Å². The van der Waals surface area contributed by atoms with Crippen molar-refractivity contribution in [1.29, 1.82) is 0 Å². The lowest BCUT2D eigenvalue weighted by atomic mass is 10.1. The van der Waals surface area contributed by atoms with E-state index in [-0.39, 0.29) is 29.8 Å². The molecule has 2 aromatic rings. The SMILES string of the molecule is CC1(C)C(C=C(Br)Br)[C@H]1C(=O)OCc1cccc(Oc2ccccc2)c1. The summed E-state index contributed by atoms with van der Waals surface area (Å²) >= 11 is 6.73. The lowest BCUT2D eigenvalue weighted by molar-refractivity contribution is -0.147. The number of carbonyl (C=O) groups is 1. The molecule has 5 heteroatoms. The number of para-hydroxylation sites is 1. The number of halogens is 2. The number of carbonyl (C=O) groups excluding carboxylic acids is 1. The highest BCUT2D eigenvalue weighted by Gasteiger charge is 2.61. The molecule has 3 rings (SSSR count). The second-order valence-electron chi connectivity index (χ2n) is 6.95. The molecule has 26 heavy (non-hydrogen) atoms. The molecule has 0 N–H and O–H groups in total. The number of allylic oxidation sites excluding steroid dienone is 1.